The van der Waals surface area contributed by atoms with E-state index in [2.05, 4.69) is 45.2 Å². The normalized spacial score (nSPS) is 13.2. The molecule has 0 N–H and O–H groups in total. The maximum Gasteiger partial charge on any atom is 0.162 e. The molecule has 0 saturated heterocycles. The monoisotopic (exact) mass is 365 g/mol. The fourth-order valence-electron chi connectivity index (χ4n) is 3.59. The van der Waals surface area contributed by atoms with Crippen LogP contribution < -0.4 is 4.90 Å². The SMILES string of the molecule is c1ccc2c(c1)CCN(c1cc(-c3ccncc3)nc(-c3ccncc3)n1)C2. The highest BCUT2D eigenvalue weighted by Gasteiger charge is 2.19. The predicted molar refractivity (Wildman–Crippen MR) is 110 cm³/mol. The molecule has 0 saturated carbocycles. The van der Waals surface area contributed by atoms with Crippen LogP contribution in [0.1, 0.15) is 11.1 Å². The Morgan fingerprint density at radius 2 is 1.39 bits per heavy atom. The van der Waals surface area contributed by atoms with Gasteiger partial charge in [0, 0.05) is 55.1 Å². The molecule has 4 aromatic rings. The van der Waals surface area contributed by atoms with E-state index in [1.54, 1.807) is 24.8 Å². The molecule has 1 aliphatic rings. The van der Waals surface area contributed by atoms with Gasteiger partial charge in [0.05, 0.1) is 5.69 Å². The Labute approximate surface area is 163 Å². The lowest BCUT2D eigenvalue weighted by atomic mass is 10.00. The van der Waals surface area contributed by atoms with Gasteiger partial charge in [-0.1, -0.05) is 24.3 Å². The number of hydrogen-bond donors (Lipinski definition) is 0. The molecule has 3 aromatic heterocycles. The van der Waals surface area contributed by atoms with Crippen molar-refractivity contribution in [1.29, 1.82) is 0 Å². The fraction of sp³-hybridized carbons (Fsp3) is 0.130. The van der Waals surface area contributed by atoms with E-state index in [9.17, 15) is 0 Å². The van der Waals surface area contributed by atoms with E-state index in [1.807, 2.05) is 24.3 Å². The third-order valence-electron chi connectivity index (χ3n) is 5.08. The van der Waals surface area contributed by atoms with E-state index >= 15 is 0 Å². The first-order valence-corrected chi connectivity index (χ1v) is 9.38. The van der Waals surface area contributed by atoms with Gasteiger partial charge >= 0.3 is 0 Å². The van der Waals surface area contributed by atoms with E-state index in [0.29, 0.717) is 5.82 Å². The molecule has 1 aliphatic heterocycles. The Kier molecular flexibility index (Phi) is 4.26. The van der Waals surface area contributed by atoms with Gasteiger partial charge in [0.15, 0.2) is 5.82 Å². The van der Waals surface area contributed by atoms with Crippen LogP contribution in [0.4, 0.5) is 5.82 Å². The summed E-state index contributed by atoms with van der Waals surface area (Å²) in [6, 6.07) is 18.6. The highest BCUT2D eigenvalue weighted by molar-refractivity contribution is 5.67. The van der Waals surface area contributed by atoms with Gasteiger partial charge in [-0.15, -0.1) is 0 Å². The second-order valence-electron chi connectivity index (χ2n) is 6.85. The Morgan fingerprint density at radius 3 is 2.14 bits per heavy atom. The van der Waals surface area contributed by atoms with Crippen LogP contribution in [-0.4, -0.2) is 26.5 Å². The molecule has 5 heteroatoms. The standard InChI is InChI=1S/C23H19N5/c1-2-4-20-16-28(14-9-17(20)3-1)22-15-21(18-5-10-24-11-6-18)26-23(27-22)19-7-12-25-13-8-19/h1-8,10-13,15H,9,14,16H2. The second-order valence-corrected chi connectivity index (χ2v) is 6.85. The number of rotatable bonds is 3. The molecule has 0 atom stereocenters. The molecule has 1 aromatic carbocycles. The van der Waals surface area contributed by atoms with E-state index in [1.165, 1.54) is 11.1 Å². The molecule has 0 amide bonds. The molecule has 0 aliphatic carbocycles. The van der Waals surface area contributed by atoms with Crippen LogP contribution in [-0.2, 0) is 13.0 Å². The Morgan fingerprint density at radius 1 is 0.714 bits per heavy atom. The van der Waals surface area contributed by atoms with Crippen LogP contribution in [0.2, 0.25) is 0 Å². The van der Waals surface area contributed by atoms with Crippen molar-refractivity contribution in [3.05, 3.63) is 90.5 Å². The zero-order valence-corrected chi connectivity index (χ0v) is 15.4. The van der Waals surface area contributed by atoms with Crippen LogP contribution in [0.25, 0.3) is 22.6 Å². The summed E-state index contributed by atoms with van der Waals surface area (Å²) in [5.41, 5.74) is 5.69. The quantitative estimate of drug-likeness (QED) is 0.546. The highest BCUT2D eigenvalue weighted by atomic mass is 15.2. The van der Waals surface area contributed by atoms with Gasteiger partial charge in [0.2, 0.25) is 0 Å². The lowest BCUT2D eigenvalue weighted by molar-refractivity contribution is 0.720. The first-order valence-electron chi connectivity index (χ1n) is 9.38. The maximum atomic E-state index is 4.90. The van der Waals surface area contributed by atoms with Gasteiger partial charge in [-0.3, -0.25) is 9.97 Å². The molecule has 4 heterocycles. The number of aromatic nitrogens is 4. The molecule has 0 fully saturated rings. The molecule has 0 radical (unpaired) electrons. The predicted octanol–water partition coefficient (Wildman–Crippen LogP) is 4.16. The van der Waals surface area contributed by atoms with Gasteiger partial charge in [-0.2, -0.15) is 0 Å². The summed E-state index contributed by atoms with van der Waals surface area (Å²) >= 11 is 0. The average molecular weight is 365 g/mol. The number of nitrogens with zero attached hydrogens (tertiary/aromatic N) is 5. The van der Waals surface area contributed by atoms with Crippen LogP contribution in [0.3, 0.4) is 0 Å². The summed E-state index contributed by atoms with van der Waals surface area (Å²) in [6.45, 7) is 1.80. The van der Waals surface area contributed by atoms with Crippen molar-refractivity contribution in [2.24, 2.45) is 0 Å². The smallest absolute Gasteiger partial charge is 0.162 e. The van der Waals surface area contributed by atoms with Crippen molar-refractivity contribution < 1.29 is 0 Å². The minimum atomic E-state index is 0.713. The summed E-state index contributed by atoms with van der Waals surface area (Å²) in [7, 11) is 0. The molecule has 0 spiro atoms. The second kappa shape index (κ2) is 7.19. The third kappa shape index (κ3) is 3.22. The summed E-state index contributed by atoms with van der Waals surface area (Å²) in [5, 5.41) is 0. The molecule has 136 valence electrons. The van der Waals surface area contributed by atoms with E-state index in [-0.39, 0.29) is 0 Å². The van der Waals surface area contributed by atoms with E-state index < -0.39 is 0 Å². The lowest BCUT2D eigenvalue weighted by Crippen LogP contribution is -2.31. The third-order valence-corrected chi connectivity index (χ3v) is 5.08. The maximum absolute atomic E-state index is 4.90. The zero-order valence-electron chi connectivity index (χ0n) is 15.4. The number of benzene rings is 1. The Hall–Kier alpha value is -3.60. The molecule has 28 heavy (non-hydrogen) atoms. The summed E-state index contributed by atoms with van der Waals surface area (Å²) in [4.78, 5) is 20.3. The van der Waals surface area contributed by atoms with Crippen LogP contribution in [0, 0.1) is 0 Å². The number of anilines is 1. The molecular formula is C23H19N5. The van der Waals surface area contributed by atoms with E-state index in [4.69, 9.17) is 9.97 Å². The topological polar surface area (TPSA) is 54.8 Å². The van der Waals surface area contributed by atoms with Gasteiger partial charge in [0.1, 0.15) is 5.82 Å². The number of pyridine rings is 2. The van der Waals surface area contributed by atoms with Crippen molar-refractivity contribution in [3.8, 4) is 22.6 Å². The number of hydrogen-bond acceptors (Lipinski definition) is 5. The average Bonchev–Trinajstić information content (AvgIpc) is 2.79. The molecule has 0 bridgehead atoms. The van der Waals surface area contributed by atoms with Crippen molar-refractivity contribution in [3.63, 3.8) is 0 Å². The lowest BCUT2D eigenvalue weighted by Gasteiger charge is -2.30. The van der Waals surface area contributed by atoms with Gasteiger partial charge < -0.3 is 4.90 Å². The fourth-order valence-corrected chi connectivity index (χ4v) is 3.59. The summed E-state index contributed by atoms with van der Waals surface area (Å²) in [5.74, 6) is 1.66. The minimum Gasteiger partial charge on any atom is -0.352 e. The summed E-state index contributed by atoms with van der Waals surface area (Å²) < 4.78 is 0. The first-order chi connectivity index (χ1) is 13.9. The molecule has 0 unspecified atom stereocenters. The van der Waals surface area contributed by atoms with Gasteiger partial charge in [-0.25, -0.2) is 9.97 Å². The first kappa shape index (κ1) is 16.6. The highest BCUT2D eigenvalue weighted by Crippen LogP contribution is 2.28. The Bertz CT molecular complexity index is 1040. The van der Waals surface area contributed by atoms with Crippen LogP contribution >= 0.6 is 0 Å². The van der Waals surface area contributed by atoms with Crippen LogP contribution in [0.15, 0.2) is 79.4 Å². The zero-order chi connectivity index (χ0) is 18.8. The van der Waals surface area contributed by atoms with Crippen molar-refractivity contribution in [2.75, 3.05) is 11.4 Å². The van der Waals surface area contributed by atoms with Gasteiger partial charge in [-0.05, 0) is 41.8 Å². The van der Waals surface area contributed by atoms with Crippen molar-refractivity contribution in [1.82, 2.24) is 19.9 Å². The van der Waals surface area contributed by atoms with Crippen molar-refractivity contribution >= 4 is 5.82 Å². The summed E-state index contributed by atoms with van der Waals surface area (Å²) in [6.07, 6.45) is 8.15. The van der Waals surface area contributed by atoms with Gasteiger partial charge in [0.25, 0.3) is 0 Å². The number of fused-ring (bicyclic) bond motifs is 1. The largest absolute Gasteiger partial charge is 0.352 e. The molecular weight excluding hydrogens is 346 g/mol. The molecule has 5 rings (SSSR count). The van der Waals surface area contributed by atoms with Crippen LogP contribution in [0.5, 0.6) is 0 Å². The van der Waals surface area contributed by atoms with Crippen molar-refractivity contribution in [2.45, 2.75) is 13.0 Å². The minimum absolute atomic E-state index is 0.713. The Balaban J connectivity index is 1.59. The molecule has 5 nitrogen and oxygen atoms in total. The van der Waals surface area contributed by atoms with E-state index in [0.717, 1.165) is 42.1 Å².